The number of nitrogens with zero attached hydrogens (tertiary/aromatic N) is 1. The van der Waals surface area contributed by atoms with Gasteiger partial charge in [0.1, 0.15) is 0 Å². The van der Waals surface area contributed by atoms with Crippen molar-refractivity contribution in [1.29, 1.82) is 0 Å². The van der Waals surface area contributed by atoms with Gasteiger partial charge >= 0.3 is 0 Å². The lowest BCUT2D eigenvalue weighted by atomic mass is 10.0. The van der Waals surface area contributed by atoms with E-state index in [9.17, 15) is 5.11 Å². The molecule has 1 fully saturated rings. The SMILES string of the molecule is Cc1nc(C)c([C@@H]2COC[C@H]2O)s1. The van der Waals surface area contributed by atoms with Crippen LogP contribution in [-0.2, 0) is 4.74 Å². The highest BCUT2D eigenvalue weighted by Crippen LogP contribution is 2.32. The molecule has 0 saturated carbocycles. The first-order valence-electron chi connectivity index (χ1n) is 4.38. The topological polar surface area (TPSA) is 42.4 Å². The average Bonchev–Trinajstić information content (AvgIpc) is 2.58. The van der Waals surface area contributed by atoms with Gasteiger partial charge in [-0.2, -0.15) is 0 Å². The molecule has 0 radical (unpaired) electrons. The van der Waals surface area contributed by atoms with Gasteiger partial charge in [0.2, 0.25) is 0 Å². The summed E-state index contributed by atoms with van der Waals surface area (Å²) in [6, 6.07) is 0. The zero-order valence-corrected chi connectivity index (χ0v) is 8.60. The Labute approximate surface area is 81.4 Å². The molecule has 0 bridgehead atoms. The van der Waals surface area contributed by atoms with Gasteiger partial charge in [0, 0.05) is 10.8 Å². The number of hydrogen-bond donors (Lipinski definition) is 1. The molecule has 0 aliphatic carbocycles. The summed E-state index contributed by atoms with van der Waals surface area (Å²) in [5, 5.41) is 10.7. The van der Waals surface area contributed by atoms with Crippen molar-refractivity contribution in [3.8, 4) is 0 Å². The number of ether oxygens (including phenoxy) is 1. The third-order valence-corrected chi connectivity index (χ3v) is 3.53. The minimum atomic E-state index is -0.349. The zero-order chi connectivity index (χ0) is 9.42. The van der Waals surface area contributed by atoms with Gasteiger partial charge in [0.25, 0.3) is 0 Å². The Hall–Kier alpha value is -0.450. The molecule has 1 aliphatic rings. The van der Waals surface area contributed by atoms with Gasteiger partial charge in [-0.1, -0.05) is 0 Å². The Bertz CT molecular complexity index is 311. The Morgan fingerprint density at radius 2 is 2.23 bits per heavy atom. The van der Waals surface area contributed by atoms with Crippen LogP contribution in [0.3, 0.4) is 0 Å². The van der Waals surface area contributed by atoms with E-state index in [1.807, 2.05) is 13.8 Å². The highest BCUT2D eigenvalue weighted by Gasteiger charge is 2.30. The molecule has 2 atom stereocenters. The summed E-state index contributed by atoms with van der Waals surface area (Å²) in [5.74, 6) is 0.145. The zero-order valence-electron chi connectivity index (χ0n) is 7.78. The second kappa shape index (κ2) is 3.36. The van der Waals surface area contributed by atoms with Crippen LogP contribution in [0.25, 0.3) is 0 Å². The minimum Gasteiger partial charge on any atom is -0.390 e. The maximum atomic E-state index is 9.63. The van der Waals surface area contributed by atoms with Gasteiger partial charge in [-0.25, -0.2) is 4.98 Å². The van der Waals surface area contributed by atoms with Gasteiger partial charge < -0.3 is 9.84 Å². The van der Waals surface area contributed by atoms with Crippen molar-refractivity contribution in [2.24, 2.45) is 0 Å². The van der Waals surface area contributed by atoms with Crippen LogP contribution >= 0.6 is 11.3 Å². The first-order valence-corrected chi connectivity index (χ1v) is 5.20. The van der Waals surface area contributed by atoms with Gasteiger partial charge in [-0.3, -0.25) is 0 Å². The lowest BCUT2D eigenvalue weighted by molar-refractivity contribution is 0.125. The predicted molar refractivity (Wildman–Crippen MR) is 51.2 cm³/mol. The Morgan fingerprint density at radius 1 is 1.46 bits per heavy atom. The lowest BCUT2D eigenvalue weighted by Gasteiger charge is -2.09. The molecule has 0 spiro atoms. The van der Waals surface area contributed by atoms with Crippen LogP contribution in [0.15, 0.2) is 0 Å². The molecule has 0 unspecified atom stereocenters. The number of aliphatic hydroxyl groups is 1. The third kappa shape index (κ3) is 1.61. The molecule has 1 aliphatic heterocycles. The molecule has 13 heavy (non-hydrogen) atoms. The fourth-order valence-corrected chi connectivity index (χ4v) is 2.76. The summed E-state index contributed by atoms with van der Waals surface area (Å²) in [6.07, 6.45) is -0.349. The van der Waals surface area contributed by atoms with Crippen molar-refractivity contribution in [3.05, 3.63) is 15.6 Å². The van der Waals surface area contributed by atoms with Crippen LogP contribution in [0, 0.1) is 13.8 Å². The Kier molecular flexibility index (Phi) is 2.36. The number of aliphatic hydroxyl groups excluding tert-OH is 1. The standard InChI is InChI=1S/C9H13NO2S/c1-5-9(13-6(2)10-5)7-3-12-4-8(7)11/h7-8,11H,3-4H2,1-2H3/t7-,8-/m1/s1. The molecular weight excluding hydrogens is 186 g/mol. The molecule has 1 aromatic heterocycles. The third-order valence-electron chi connectivity index (χ3n) is 2.33. The molecular formula is C9H13NO2S. The molecule has 2 heterocycles. The first kappa shape index (κ1) is 9.12. The van der Waals surface area contributed by atoms with E-state index in [0.29, 0.717) is 13.2 Å². The smallest absolute Gasteiger partial charge is 0.0900 e. The van der Waals surface area contributed by atoms with Crippen molar-refractivity contribution in [2.45, 2.75) is 25.9 Å². The highest BCUT2D eigenvalue weighted by atomic mass is 32.1. The molecule has 1 saturated heterocycles. The molecule has 1 N–H and O–H groups in total. The van der Waals surface area contributed by atoms with E-state index in [0.717, 1.165) is 10.7 Å². The van der Waals surface area contributed by atoms with Crippen LogP contribution in [0.4, 0.5) is 0 Å². The van der Waals surface area contributed by atoms with Gasteiger partial charge in [-0.05, 0) is 13.8 Å². The van der Waals surface area contributed by atoms with Crippen LogP contribution in [0.5, 0.6) is 0 Å². The second-order valence-corrected chi connectivity index (χ2v) is 4.63. The summed E-state index contributed by atoms with van der Waals surface area (Å²) >= 11 is 1.66. The monoisotopic (exact) mass is 199 g/mol. The average molecular weight is 199 g/mol. The summed E-state index contributed by atoms with van der Waals surface area (Å²) in [5.41, 5.74) is 1.04. The molecule has 0 aromatic carbocycles. The van der Waals surface area contributed by atoms with Crippen molar-refractivity contribution in [2.75, 3.05) is 13.2 Å². The minimum absolute atomic E-state index is 0.145. The van der Waals surface area contributed by atoms with E-state index >= 15 is 0 Å². The number of rotatable bonds is 1. The van der Waals surface area contributed by atoms with E-state index < -0.39 is 0 Å². The summed E-state index contributed by atoms with van der Waals surface area (Å²) in [4.78, 5) is 5.52. The maximum Gasteiger partial charge on any atom is 0.0900 e. The molecule has 1 aromatic rings. The lowest BCUT2D eigenvalue weighted by Crippen LogP contribution is -2.15. The molecule has 4 heteroatoms. The van der Waals surface area contributed by atoms with Gasteiger partial charge in [0.15, 0.2) is 0 Å². The van der Waals surface area contributed by atoms with Crippen molar-refractivity contribution in [1.82, 2.24) is 4.98 Å². The molecule has 72 valence electrons. The largest absolute Gasteiger partial charge is 0.390 e. The molecule has 2 rings (SSSR count). The predicted octanol–water partition coefficient (Wildman–Crippen LogP) is 1.23. The van der Waals surface area contributed by atoms with Crippen LogP contribution in [0.1, 0.15) is 21.5 Å². The normalized spacial score (nSPS) is 28.2. The van der Waals surface area contributed by atoms with Crippen molar-refractivity contribution >= 4 is 11.3 Å². The van der Waals surface area contributed by atoms with E-state index in [1.165, 1.54) is 4.88 Å². The number of aryl methyl sites for hydroxylation is 2. The van der Waals surface area contributed by atoms with Crippen molar-refractivity contribution in [3.63, 3.8) is 0 Å². The van der Waals surface area contributed by atoms with Gasteiger partial charge in [0.05, 0.1) is 30.0 Å². The Morgan fingerprint density at radius 3 is 2.69 bits per heavy atom. The Balaban J connectivity index is 2.28. The summed E-state index contributed by atoms with van der Waals surface area (Å²) in [7, 11) is 0. The summed E-state index contributed by atoms with van der Waals surface area (Å²) in [6.45, 7) is 5.07. The van der Waals surface area contributed by atoms with E-state index in [2.05, 4.69) is 4.98 Å². The van der Waals surface area contributed by atoms with Crippen molar-refractivity contribution < 1.29 is 9.84 Å². The van der Waals surface area contributed by atoms with Gasteiger partial charge in [-0.15, -0.1) is 11.3 Å². The van der Waals surface area contributed by atoms with E-state index in [1.54, 1.807) is 11.3 Å². The summed E-state index contributed by atoms with van der Waals surface area (Å²) < 4.78 is 5.22. The molecule has 0 amide bonds. The fraction of sp³-hybridized carbons (Fsp3) is 0.667. The maximum absolute atomic E-state index is 9.63. The second-order valence-electron chi connectivity index (χ2n) is 3.39. The first-order chi connectivity index (χ1) is 6.18. The highest BCUT2D eigenvalue weighted by molar-refractivity contribution is 7.11. The number of thiazole rings is 1. The van der Waals surface area contributed by atoms with Crippen LogP contribution in [-0.4, -0.2) is 29.4 Å². The fourth-order valence-electron chi connectivity index (χ4n) is 1.68. The van der Waals surface area contributed by atoms with E-state index in [-0.39, 0.29) is 12.0 Å². The quantitative estimate of drug-likeness (QED) is 0.740. The number of aromatic nitrogens is 1. The van der Waals surface area contributed by atoms with Crippen LogP contribution < -0.4 is 0 Å². The van der Waals surface area contributed by atoms with Crippen LogP contribution in [0.2, 0.25) is 0 Å². The molecule has 3 nitrogen and oxygen atoms in total. The van der Waals surface area contributed by atoms with E-state index in [4.69, 9.17) is 4.74 Å². The number of hydrogen-bond acceptors (Lipinski definition) is 4.